The number of ether oxygens (including phenoxy) is 1. The van der Waals surface area contributed by atoms with Crippen molar-refractivity contribution in [3.8, 4) is 0 Å². The van der Waals surface area contributed by atoms with Crippen molar-refractivity contribution in [3.05, 3.63) is 29.6 Å². The van der Waals surface area contributed by atoms with E-state index < -0.39 is 0 Å². The first-order valence-electron chi connectivity index (χ1n) is 8.54. The Morgan fingerprint density at radius 1 is 1.43 bits per heavy atom. The van der Waals surface area contributed by atoms with Gasteiger partial charge < -0.3 is 14.6 Å². The summed E-state index contributed by atoms with van der Waals surface area (Å²) in [5, 5.41) is 0. The van der Waals surface area contributed by atoms with Gasteiger partial charge in [0.25, 0.3) is 0 Å². The number of carbonyl (C=O) groups excluding carboxylic acids is 1. The van der Waals surface area contributed by atoms with Crippen molar-refractivity contribution in [2.45, 2.75) is 38.6 Å². The third-order valence-corrected chi connectivity index (χ3v) is 4.99. The molecule has 23 heavy (non-hydrogen) atoms. The molecular weight excluding hydrogens is 290 g/mol. The van der Waals surface area contributed by atoms with Gasteiger partial charge in [0.2, 0.25) is 5.91 Å². The van der Waals surface area contributed by atoms with E-state index in [2.05, 4.69) is 27.9 Å². The average molecular weight is 313 g/mol. The van der Waals surface area contributed by atoms with Crippen LogP contribution in [0.2, 0.25) is 0 Å². The zero-order valence-electron chi connectivity index (χ0n) is 13.5. The minimum atomic E-state index is 0.238. The van der Waals surface area contributed by atoms with Crippen LogP contribution in [-0.2, 0) is 16.0 Å². The molecule has 1 unspecified atom stereocenters. The summed E-state index contributed by atoms with van der Waals surface area (Å²) in [5.74, 6) is 1.80. The number of morpholine rings is 1. The summed E-state index contributed by atoms with van der Waals surface area (Å²) in [6.07, 6.45) is 3.66. The van der Waals surface area contributed by atoms with Crippen LogP contribution < -0.4 is 0 Å². The number of nitrogens with zero attached hydrogens (tertiary/aromatic N) is 2. The van der Waals surface area contributed by atoms with Crippen molar-refractivity contribution >= 4 is 16.9 Å². The number of aromatic nitrogens is 2. The molecule has 1 amide bonds. The number of hydrogen-bond acceptors (Lipinski definition) is 3. The molecule has 2 aliphatic rings. The molecular formula is C18H23N3O2. The van der Waals surface area contributed by atoms with Crippen LogP contribution in [-0.4, -0.2) is 46.6 Å². The van der Waals surface area contributed by atoms with Crippen LogP contribution in [0.15, 0.2) is 18.2 Å². The van der Waals surface area contributed by atoms with Gasteiger partial charge in [0.15, 0.2) is 0 Å². The van der Waals surface area contributed by atoms with E-state index >= 15 is 0 Å². The lowest BCUT2D eigenvalue weighted by molar-refractivity contribution is -0.140. The van der Waals surface area contributed by atoms with Gasteiger partial charge in [0.05, 0.1) is 30.3 Å². The molecule has 1 N–H and O–H groups in total. The van der Waals surface area contributed by atoms with Gasteiger partial charge in [-0.15, -0.1) is 0 Å². The Balaban J connectivity index is 1.42. The highest BCUT2D eigenvalue weighted by Crippen LogP contribution is 2.36. The molecule has 1 aliphatic heterocycles. The number of fused-ring (bicyclic) bond motifs is 1. The number of hydrogen-bond donors (Lipinski definition) is 1. The number of nitrogens with one attached hydrogen (secondary N) is 1. The van der Waals surface area contributed by atoms with Crippen LogP contribution in [0.25, 0.3) is 11.0 Å². The Morgan fingerprint density at radius 3 is 3.09 bits per heavy atom. The number of H-pyrrole nitrogens is 1. The molecule has 1 saturated carbocycles. The predicted molar refractivity (Wildman–Crippen MR) is 88.2 cm³/mol. The van der Waals surface area contributed by atoms with Crippen LogP contribution in [0.5, 0.6) is 0 Å². The number of para-hydroxylation sites is 1. The second-order valence-electron chi connectivity index (χ2n) is 6.72. The van der Waals surface area contributed by atoms with Gasteiger partial charge in [-0.1, -0.05) is 12.1 Å². The summed E-state index contributed by atoms with van der Waals surface area (Å²) in [6.45, 7) is 4.17. The van der Waals surface area contributed by atoms with Gasteiger partial charge in [-0.05, 0) is 37.3 Å². The molecule has 2 fully saturated rings. The van der Waals surface area contributed by atoms with Gasteiger partial charge in [-0.25, -0.2) is 4.98 Å². The summed E-state index contributed by atoms with van der Waals surface area (Å²) >= 11 is 0. The number of aryl methyl sites for hydroxylation is 2. The minimum absolute atomic E-state index is 0.238. The second-order valence-corrected chi connectivity index (χ2v) is 6.72. The molecule has 1 atom stereocenters. The lowest BCUT2D eigenvalue weighted by atomic mass is 10.1. The Hall–Kier alpha value is -1.88. The van der Waals surface area contributed by atoms with Gasteiger partial charge in [-0.3, -0.25) is 4.79 Å². The van der Waals surface area contributed by atoms with Gasteiger partial charge in [0, 0.05) is 19.4 Å². The number of rotatable bonds is 4. The Morgan fingerprint density at radius 2 is 2.30 bits per heavy atom. The molecule has 4 rings (SSSR count). The van der Waals surface area contributed by atoms with Crippen molar-refractivity contribution in [2.75, 3.05) is 19.8 Å². The number of carbonyl (C=O) groups is 1. The number of amides is 1. The molecule has 2 aromatic rings. The topological polar surface area (TPSA) is 58.2 Å². The first-order chi connectivity index (χ1) is 11.2. The summed E-state index contributed by atoms with van der Waals surface area (Å²) in [7, 11) is 0. The van der Waals surface area contributed by atoms with Crippen LogP contribution in [0.1, 0.15) is 30.7 Å². The fourth-order valence-electron chi connectivity index (χ4n) is 3.52. The molecule has 1 aliphatic carbocycles. The maximum absolute atomic E-state index is 12.6. The zero-order valence-corrected chi connectivity index (χ0v) is 13.5. The summed E-state index contributed by atoms with van der Waals surface area (Å²) < 4.78 is 5.57. The summed E-state index contributed by atoms with van der Waals surface area (Å²) in [6, 6.07) is 6.42. The van der Waals surface area contributed by atoms with Gasteiger partial charge in [0.1, 0.15) is 5.82 Å². The van der Waals surface area contributed by atoms with Crippen LogP contribution in [0.3, 0.4) is 0 Å². The van der Waals surface area contributed by atoms with Gasteiger partial charge in [-0.2, -0.15) is 0 Å². The molecule has 5 heteroatoms. The van der Waals surface area contributed by atoms with Gasteiger partial charge >= 0.3 is 0 Å². The predicted octanol–water partition coefficient (Wildman–Crippen LogP) is 2.44. The summed E-state index contributed by atoms with van der Waals surface area (Å²) in [4.78, 5) is 22.7. The fourth-order valence-corrected chi connectivity index (χ4v) is 3.52. The van der Waals surface area contributed by atoms with E-state index in [4.69, 9.17) is 4.74 Å². The highest BCUT2D eigenvalue weighted by atomic mass is 16.5. The maximum Gasteiger partial charge on any atom is 0.223 e. The lowest BCUT2D eigenvalue weighted by Gasteiger charge is -2.36. The normalized spacial score (nSPS) is 21.8. The fraction of sp³-hybridized carbons (Fsp3) is 0.556. The monoisotopic (exact) mass is 313 g/mol. The quantitative estimate of drug-likeness (QED) is 0.943. The van der Waals surface area contributed by atoms with Crippen LogP contribution in [0, 0.1) is 12.8 Å². The Bertz CT molecular complexity index is 720. The number of imidazole rings is 1. The smallest absolute Gasteiger partial charge is 0.223 e. The number of aromatic amines is 1. The van der Waals surface area contributed by atoms with Crippen molar-refractivity contribution in [3.63, 3.8) is 0 Å². The third kappa shape index (κ3) is 2.98. The molecule has 0 spiro atoms. The van der Waals surface area contributed by atoms with Crippen LogP contribution >= 0.6 is 0 Å². The van der Waals surface area contributed by atoms with Crippen molar-refractivity contribution in [2.24, 2.45) is 5.92 Å². The van der Waals surface area contributed by atoms with Crippen molar-refractivity contribution < 1.29 is 9.53 Å². The number of benzene rings is 1. The molecule has 122 valence electrons. The first-order valence-corrected chi connectivity index (χ1v) is 8.54. The average Bonchev–Trinajstić information content (AvgIpc) is 3.32. The molecule has 1 aromatic heterocycles. The largest absolute Gasteiger partial charge is 0.377 e. The molecule has 2 heterocycles. The van der Waals surface area contributed by atoms with E-state index in [-0.39, 0.29) is 5.91 Å². The van der Waals surface area contributed by atoms with E-state index in [0.717, 1.165) is 23.4 Å². The molecule has 1 saturated heterocycles. The standard InChI is InChI=1S/C18H23N3O2/c1-12-3-2-4-14-18(12)20-16(19-14)7-8-17(22)21-9-10-23-11-15(21)13-5-6-13/h2-4,13,15H,5-11H2,1H3,(H,19,20). The molecule has 1 aromatic carbocycles. The van der Waals surface area contributed by atoms with E-state index in [9.17, 15) is 4.79 Å². The van der Waals surface area contributed by atoms with Crippen molar-refractivity contribution in [1.82, 2.24) is 14.9 Å². The Kier molecular flexibility index (Phi) is 3.81. The lowest BCUT2D eigenvalue weighted by Crippen LogP contribution is -2.49. The molecule has 0 radical (unpaired) electrons. The van der Waals surface area contributed by atoms with E-state index in [1.54, 1.807) is 0 Å². The van der Waals surface area contributed by atoms with E-state index in [1.165, 1.54) is 18.4 Å². The van der Waals surface area contributed by atoms with Crippen molar-refractivity contribution in [1.29, 1.82) is 0 Å². The first kappa shape index (κ1) is 14.7. The second kappa shape index (κ2) is 5.96. The van der Waals surface area contributed by atoms with Crippen LogP contribution in [0.4, 0.5) is 0 Å². The highest BCUT2D eigenvalue weighted by Gasteiger charge is 2.38. The van der Waals surface area contributed by atoms with E-state index in [0.29, 0.717) is 38.0 Å². The molecule has 5 nitrogen and oxygen atoms in total. The van der Waals surface area contributed by atoms with E-state index in [1.807, 2.05) is 12.1 Å². The molecule has 0 bridgehead atoms. The highest BCUT2D eigenvalue weighted by molar-refractivity contribution is 5.79. The minimum Gasteiger partial charge on any atom is -0.377 e. The third-order valence-electron chi connectivity index (χ3n) is 4.99. The maximum atomic E-state index is 12.6. The SMILES string of the molecule is Cc1cccc2[nH]c(CCC(=O)N3CCOCC3C3CC3)nc12. The zero-order chi connectivity index (χ0) is 15.8. The Labute approximate surface area is 136 Å². The summed E-state index contributed by atoms with van der Waals surface area (Å²) in [5.41, 5.74) is 3.23.